The van der Waals surface area contributed by atoms with E-state index in [1.54, 1.807) is 0 Å². The van der Waals surface area contributed by atoms with Crippen molar-refractivity contribution in [2.45, 2.75) is 72.1 Å². The number of fused-ring (bicyclic) bond motifs is 5. The van der Waals surface area contributed by atoms with Gasteiger partial charge in [-0.3, -0.25) is 9.59 Å². The molecule has 4 rings (SSSR count). The summed E-state index contributed by atoms with van der Waals surface area (Å²) in [6, 6.07) is 0. The zero-order valence-corrected chi connectivity index (χ0v) is 15.8. The topological polar surface area (TPSA) is 55.7 Å². The highest BCUT2D eigenvalue weighted by Crippen LogP contribution is 2.64. The summed E-state index contributed by atoms with van der Waals surface area (Å²) in [7, 11) is 0. The second-order valence-corrected chi connectivity index (χ2v) is 9.30. The summed E-state index contributed by atoms with van der Waals surface area (Å²) in [5, 5.41) is 4.49. The molecule has 25 heavy (non-hydrogen) atoms. The van der Waals surface area contributed by atoms with Crippen LogP contribution in [0.15, 0.2) is 5.16 Å². The molecule has 0 aromatic carbocycles. The van der Waals surface area contributed by atoms with Crippen molar-refractivity contribution in [3.63, 3.8) is 0 Å². The lowest BCUT2D eigenvalue weighted by molar-refractivity contribution is -0.136. The van der Waals surface area contributed by atoms with Crippen LogP contribution in [0, 0.1) is 34.5 Å². The Balaban J connectivity index is 1.72. The van der Waals surface area contributed by atoms with Crippen LogP contribution in [0.2, 0.25) is 0 Å². The molecular weight excluding hydrogens is 314 g/mol. The van der Waals surface area contributed by atoms with Crippen molar-refractivity contribution in [2.75, 3.05) is 6.61 Å². The zero-order chi connectivity index (χ0) is 17.8. The number of hydrogen-bond acceptors (Lipinski definition) is 4. The van der Waals surface area contributed by atoms with Crippen molar-refractivity contribution in [1.82, 2.24) is 0 Å². The maximum absolute atomic E-state index is 12.6. The number of rotatable bonds is 2. The fourth-order valence-electron chi connectivity index (χ4n) is 6.88. The quantitative estimate of drug-likeness (QED) is 0.706. The van der Waals surface area contributed by atoms with E-state index < -0.39 is 0 Å². The molecule has 4 aliphatic rings. The molecule has 0 saturated heterocycles. The minimum absolute atomic E-state index is 0.119. The van der Waals surface area contributed by atoms with E-state index in [4.69, 9.17) is 4.84 Å². The second kappa shape index (κ2) is 5.92. The Morgan fingerprint density at radius 2 is 1.88 bits per heavy atom. The van der Waals surface area contributed by atoms with Crippen LogP contribution in [-0.2, 0) is 14.4 Å². The second-order valence-electron chi connectivity index (χ2n) is 9.30. The van der Waals surface area contributed by atoms with Crippen LogP contribution in [0.4, 0.5) is 0 Å². The van der Waals surface area contributed by atoms with E-state index in [9.17, 15) is 9.59 Å². The molecule has 4 heteroatoms. The number of carbonyl (C=O) groups excluding carboxylic acids is 2. The van der Waals surface area contributed by atoms with E-state index in [1.165, 1.54) is 0 Å². The zero-order valence-electron chi connectivity index (χ0n) is 15.8. The molecule has 4 fully saturated rings. The Morgan fingerprint density at radius 3 is 2.64 bits per heavy atom. The molecule has 0 aromatic heterocycles. The van der Waals surface area contributed by atoms with E-state index >= 15 is 0 Å². The van der Waals surface area contributed by atoms with Crippen LogP contribution in [0.1, 0.15) is 72.1 Å². The number of hydrogen-bond donors (Lipinski definition) is 0. The van der Waals surface area contributed by atoms with Gasteiger partial charge in [-0.1, -0.05) is 19.0 Å². The van der Waals surface area contributed by atoms with E-state index in [-0.39, 0.29) is 16.7 Å². The molecule has 6 atom stereocenters. The molecule has 1 unspecified atom stereocenters. The van der Waals surface area contributed by atoms with Crippen LogP contribution >= 0.6 is 0 Å². The van der Waals surface area contributed by atoms with Crippen LogP contribution in [0.3, 0.4) is 0 Å². The molecule has 4 nitrogen and oxygen atoms in total. The van der Waals surface area contributed by atoms with Gasteiger partial charge < -0.3 is 4.84 Å². The SMILES string of the molecule is CCON=C1C[C@@H]2[C@H](CC[C@]3(C)C(=O)CC[C@@H]23)[C@@]2(C)CCC(=O)CC12. The summed E-state index contributed by atoms with van der Waals surface area (Å²) in [4.78, 5) is 30.2. The molecular formula is C21H31NO3. The maximum atomic E-state index is 12.6. The van der Waals surface area contributed by atoms with Gasteiger partial charge in [-0.05, 0) is 62.2 Å². The Bertz CT molecular complexity index is 627. The summed E-state index contributed by atoms with van der Waals surface area (Å²) in [6.07, 6.45) is 7.19. The minimum Gasteiger partial charge on any atom is -0.396 e. The number of oxime groups is 1. The average Bonchev–Trinajstić information content (AvgIpc) is 2.89. The third-order valence-electron chi connectivity index (χ3n) is 8.32. The minimum atomic E-state index is -0.119. The van der Waals surface area contributed by atoms with Gasteiger partial charge in [0.15, 0.2) is 0 Å². The molecule has 0 amide bonds. The molecule has 0 N–H and O–H groups in total. The van der Waals surface area contributed by atoms with Crippen molar-refractivity contribution >= 4 is 17.3 Å². The predicted molar refractivity (Wildman–Crippen MR) is 96.2 cm³/mol. The Hall–Kier alpha value is -1.19. The van der Waals surface area contributed by atoms with Gasteiger partial charge in [0.25, 0.3) is 0 Å². The number of carbonyl (C=O) groups is 2. The molecule has 0 aliphatic heterocycles. The fourth-order valence-corrected chi connectivity index (χ4v) is 6.88. The fraction of sp³-hybridized carbons (Fsp3) is 0.857. The first kappa shape index (κ1) is 17.2. The van der Waals surface area contributed by atoms with Crippen LogP contribution in [-0.4, -0.2) is 23.9 Å². The number of Topliss-reactive ketones (excluding diaryl/α,β-unsaturated/α-hetero) is 2. The first-order valence-corrected chi connectivity index (χ1v) is 10.1. The van der Waals surface area contributed by atoms with Crippen LogP contribution < -0.4 is 0 Å². The highest BCUT2D eigenvalue weighted by molar-refractivity contribution is 5.94. The standard InChI is InChI=1S/C21H31NO3/c1-4-25-22-18-12-14-15-5-6-19(24)21(15,3)10-8-16(14)20(2)9-7-13(23)11-17(18)20/h14-17H,4-12H2,1-3H3/t14-,15-,16-,17?,20+,21-/m0/s1. The van der Waals surface area contributed by atoms with Crippen molar-refractivity contribution in [3.8, 4) is 0 Å². The van der Waals surface area contributed by atoms with Gasteiger partial charge in [-0.2, -0.15) is 0 Å². The normalized spacial score (nSPS) is 48.0. The summed E-state index contributed by atoms with van der Waals surface area (Å²) >= 11 is 0. The summed E-state index contributed by atoms with van der Waals surface area (Å²) in [6.45, 7) is 7.12. The molecule has 0 radical (unpaired) electrons. The number of ketones is 2. The van der Waals surface area contributed by atoms with Gasteiger partial charge in [-0.25, -0.2) is 0 Å². The monoisotopic (exact) mass is 345 g/mol. The van der Waals surface area contributed by atoms with Gasteiger partial charge in [0.05, 0.1) is 5.71 Å². The third-order valence-corrected chi connectivity index (χ3v) is 8.32. The Labute approximate surface area is 150 Å². The largest absolute Gasteiger partial charge is 0.396 e. The maximum Gasteiger partial charge on any atom is 0.139 e. The smallest absolute Gasteiger partial charge is 0.139 e. The summed E-state index contributed by atoms with van der Waals surface area (Å²) < 4.78 is 0. The predicted octanol–water partition coefficient (Wildman–Crippen LogP) is 4.17. The average molecular weight is 345 g/mol. The molecule has 138 valence electrons. The van der Waals surface area contributed by atoms with E-state index in [0.717, 1.165) is 44.2 Å². The molecule has 4 saturated carbocycles. The number of nitrogens with zero attached hydrogens (tertiary/aromatic N) is 1. The van der Waals surface area contributed by atoms with E-state index in [0.29, 0.717) is 48.8 Å². The van der Waals surface area contributed by atoms with Crippen molar-refractivity contribution in [3.05, 3.63) is 0 Å². The lowest BCUT2D eigenvalue weighted by atomic mass is 9.45. The van der Waals surface area contributed by atoms with Crippen molar-refractivity contribution in [2.24, 2.45) is 39.7 Å². The van der Waals surface area contributed by atoms with Gasteiger partial charge >= 0.3 is 0 Å². The van der Waals surface area contributed by atoms with Gasteiger partial charge in [0.2, 0.25) is 0 Å². The first-order valence-electron chi connectivity index (χ1n) is 10.1. The van der Waals surface area contributed by atoms with Crippen molar-refractivity contribution in [1.29, 1.82) is 0 Å². The first-order chi connectivity index (χ1) is 11.9. The molecule has 0 bridgehead atoms. The lowest BCUT2D eigenvalue weighted by Gasteiger charge is -2.59. The third kappa shape index (κ3) is 2.43. The molecule has 4 aliphatic carbocycles. The molecule has 0 aromatic rings. The van der Waals surface area contributed by atoms with Gasteiger partial charge in [0.1, 0.15) is 18.2 Å². The molecule has 0 heterocycles. The van der Waals surface area contributed by atoms with Crippen LogP contribution in [0.5, 0.6) is 0 Å². The Kier molecular flexibility index (Phi) is 4.08. The van der Waals surface area contributed by atoms with E-state index in [1.807, 2.05) is 6.92 Å². The van der Waals surface area contributed by atoms with Crippen molar-refractivity contribution < 1.29 is 14.4 Å². The highest BCUT2D eigenvalue weighted by Gasteiger charge is 2.61. The summed E-state index contributed by atoms with van der Waals surface area (Å²) in [5.41, 5.74) is 1.12. The van der Waals surface area contributed by atoms with Gasteiger partial charge in [-0.15, -0.1) is 0 Å². The highest BCUT2D eigenvalue weighted by atomic mass is 16.6. The van der Waals surface area contributed by atoms with E-state index in [2.05, 4.69) is 19.0 Å². The van der Waals surface area contributed by atoms with Gasteiger partial charge in [0, 0.05) is 30.6 Å². The lowest BCUT2D eigenvalue weighted by Crippen LogP contribution is -2.56. The summed E-state index contributed by atoms with van der Waals surface area (Å²) in [5.74, 6) is 2.73. The van der Waals surface area contributed by atoms with Crippen LogP contribution in [0.25, 0.3) is 0 Å². The molecule has 0 spiro atoms. The Morgan fingerprint density at radius 1 is 1.08 bits per heavy atom.